The molecule has 0 aliphatic heterocycles. The van der Waals surface area contributed by atoms with E-state index in [4.69, 9.17) is 11.6 Å². The number of hydrogen-bond donors (Lipinski definition) is 0. The maximum atomic E-state index is 12.5. The van der Waals surface area contributed by atoms with Gasteiger partial charge < -0.3 is 0 Å². The van der Waals surface area contributed by atoms with Crippen LogP contribution < -0.4 is 0 Å². The van der Waals surface area contributed by atoms with E-state index in [-0.39, 0.29) is 21.9 Å². The fourth-order valence-corrected chi connectivity index (χ4v) is 1.35. The summed E-state index contributed by atoms with van der Waals surface area (Å²) < 4.78 is 25.0. The zero-order valence-electron chi connectivity index (χ0n) is 7.77. The molecular formula is C10H9ClF2O. The highest BCUT2D eigenvalue weighted by Gasteiger charge is 2.17. The minimum Gasteiger partial charge on any atom is -0.294 e. The van der Waals surface area contributed by atoms with E-state index in [1.54, 1.807) is 6.92 Å². The van der Waals surface area contributed by atoms with Crippen LogP contribution >= 0.6 is 11.6 Å². The van der Waals surface area contributed by atoms with Crippen LogP contribution in [0.4, 0.5) is 8.78 Å². The summed E-state index contributed by atoms with van der Waals surface area (Å²) in [7, 11) is 0. The smallest absolute Gasteiger partial charge is 0.264 e. The fourth-order valence-electron chi connectivity index (χ4n) is 1.18. The van der Waals surface area contributed by atoms with Gasteiger partial charge in [0.25, 0.3) is 6.43 Å². The summed E-state index contributed by atoms with van der Waals surface area (Å²) in [5.74, 6) is -0.375. The molecule has 4 heteroatoms. The largest absolute Gasteiger partial charge is 0.294 e. The number of Topliss-reactive ketones (excluding diaryl/α,β-unsaturated/α-hetero) is 1. The summed E-state index contributed by atoms with van der Waals surface area (Å²) in [6.45, 7) is 2.93. The fraction of sp³-hybridized carbons (Fsp3) is 0.300. The van der Waals surface area contributed by atoms with Gasteiger partial charge in [-0.2, -0.15) is 0 Å². The molecule has 14 heavy (non-hydrogen) atoms. The van der Waals surface area contributed by atoms with Gasteiger partial charge in [-0.05, 0) is 31.5 Å². The molecule has 0 fully saturated rings. The standard InChI is InChI=1S/C10H9ClF2O/c1-5-3-7(6(2)14)8(10(12)13)4-9(5)11/h3-4,10H,1-2H3. The predicted octanol–water partition coefficient (Wildman–Crippen LogP) is 3.79. The van der Waals surface area contributed by atoms with Crippen molar-refractivity contribution >= 4 is 17.4 Å². The number of carbonyl (C=O) groups excluding carboxylic acids is 1. The first-order valence-corrected chi connectivity index (χ1v) is 4.40. The third-order valence-corrected chi connectivity index (χ3v) is 2.35. The van der Waals surface area contributed by atoms with Gasteiger partial charge in [-0.15, -0.1) is 0 Å². The van der Waals surface area contributed by atoms with Gasteiger partial charge in [-0.1, -0.05) is 11.6 Å². The number of carbonyl (C=O) groups is 1. The Hall–Kier alpha value is -0.960. The van der Waals surface area contributed by atoms with Crippen molar-refractivity contribution in [1.82, 2.24) is 0 Å². The molecule has 0 bridgehead atoms. The molecule has 76 valence electrons. The van der Waals surface area contributed by atoms with Crippen LogP contribution in [0.3, 0.4) is 0 Å². The van der Waals surface area contributed by atoms with E-state index < -0.39 is 6.43 Å². The van der Waals surface area contributed by atoms with Gasteiger partial charge in [-0.3, -0.25) is 4.79 Å². The van der Waals surface area contributed by atoms with E-state index in [9.17, 15) is 13.6 Å². The quantitative estimate of drug-likeness (QED) is 0.691. The van der Waals surface area contributed by atoms with Crippen LogP contribution in [0.25, 0.3) is 0 Å². The van der Waals surface area contributed by atoms with Gasteiger partial charge in [0.1, 0.15) is 0 Å². The number of ketones is 1. The van der Waals surface area contributed by atoms with Crippen LogP contribution in [-0.2, 0) is 0 Å². The molecule has 1 rings (SSSR count). The van der Waals surface area contributed by atoms with Crippen molar-refractivity contribution < 1.29 is 13.6 Å². The number of alkyl halides is 2. The van der Waals surface area contributed by atoms with E-state index in [0.29, 0.717) is 5.56 Å². The topological polar surface area (TPSA) is 17.1 Å². The van der Waals surface area contributed by atoms with Gasteiger partial charge >= 0.3 is 0 Å². The number of benzene rings is 1. The highest BCUT2D eigenvalue weighted by molar-refractivity contribution is 6.31. The molecule has 0 N–H and O–H groups in total. The molecule has 0 atom stereocenters. The van der Waals surface area contributed by atoms with Crippen LogP contribution in [0.5, 0.6) is 0 Å². The molecule has 0 saturated heterocycles. The lowest BCUT2D eigenvalue weighted by Gasteiger charge is -2.08. The molecule has 0 aliphatic carbocycles. The van der Waals surface area contributed by atoms with Crippen molar-refractivity contribution in [2.24, 2.45) is 0 Å². The SMILES string of the molecule is CC(=O)c1cc(C)c(Cl)cc1C(F)F. The minimum atomic E-state index is -2.67. The van der Waals surface area contributed by atoms with Crippen LogP contribution in [0.15, 0.2) is 12.1 Å². The van der Waals surface area contributed by atoms with Gasteiger partial charge in [0.05, 0.1) is 0 Å². The van der Waals surface area contributed by atoms with Crippen molar-refractivity contribution in [3.05, 3.63) is 33.8 Å². The number of hydrogen-bond acceptors (Lipinski definition) is 1. The van der Waals surface area contributed by atoms with Gasteiger partial charge in [0.2, 0.25) is 0 Å². The highest BCUT2D eigenvalue weighted by atomic mass is 35.5. The van der Waals surface area contributed by atoms with Crippen LogP contribution in [0.2, 0.25) is 5.02 Å². The summed E-state index contributed by atoms with van der Waals surface area (Å²) in [6, 6.07) is 2.55. The normalized spacial score (nSPS) is 10.7. The summed E-state index contributed by atoms with van der Waals surface area (Å²) >= 11 is 5.69. The second kappa shape index (κ2) is 4.05. The second-order valence-corrected chi connectivity index (χ2v) is 3.45. The van der Waals surface area contributed by atoms with Crippen molar-refractivity contribution in [2.75, 3.05) is 0 Å². The van der Waals surface area contributed by atoms with Crippen molar-refractivity contribution in [3.63, 3.8) is 0 Å². The van der Waals surface area contributed by atoms with Crippen LogP contribution in [0.1, 0.15) is 34.8 Å². The maximum Gasteiger partial charge on any atom is 0.264 e. The summed E-state index contributed by atoms with van der Waals surface area (Å²) in [4.78, 5) is 11.1. The highest BCUT2D eigenvalue weighted by Crippen LogP contribution is 2.28. The Balaban J connectivity index is 3.39. The molecule has 0 aromatic heterocycles. The molecule has 0 unspecified atom stereocenters. The van der Waals surface area contributed by atoms with E-state index in [1.807, 2.05) is 0 Å². The number of aryl methyl sites for hydroxylation is 1. The molecular weight excluding hydrogens is 210 g/mol. The Labute approximate surface area is 85.7 Å². The third kappa shape index (κ3) is 2.10. The Morgan fingerprint density at radius 1 is 1.43 bits per heavy atom. The molecule has 0 radical (unpaired) electrons. The first kappa shape index (κ1) is 11.1. The lowest BCUT2D eigenvalue weighted by molar-refractivity contribution is 0.0999. The third-order valence-electron chi connectivity index (χ3n) is 1.95. The maximum absolute atomic E-state index is 12.5. The minimum absolute atomic E-state index is 0.0434. The van der Waals surface area contributed by atoms with E-state index in [2.05, 4.69) is 0 Å². The molecule has 0 heterocycles. The second-order valence-electron chi connectivity index (χ2n) is 3.05. The summed E-state index contributed by atoms with van der Waals surface area (Å²) in [6.07, 6.45) is -2.67. The van der Waals surface area contributed by atoms with E-state index in [0.717, 1.165) is 6.07 Å². The van der Waals surface area contributed by atoms with Gasteiger partial charge in [0, 0.05) is 16.1 Å². The predicted molar refractivity (Wildman–Crippen MR) is 51.2 cm³/mol. The Morgan fingerprint density at radius 3 is 2.43 bits per heavy atom. The van der Waals surface area contributed by atoms with E-state index >= 15 is 0 Å². The Morgan fingerprint density at radius 2 is 2.00 bits per heavy atom. The van der Waals surface area contributed by atoms with Crippen molar-refractivity contribution in [2.45, 2.75) is 20.3 Å². The molecule has 0 amide bonds. The molecule has 0 saturated carbocycles. The van der Waals surface area contributed by atoms with Crippen molar-refractivity contribution in [3.8, 4) is 0 Å². The van der Waals surface area contributed by atoms with Crippen molar-refractivity contribution in [1.29, 1.82) is 0 Å². The first-order chi connectivity index (χ1) is 6.43. The molecule has 1 aromatic carbocycles. The van der Waals surface area contributed by atoms with E-state index in [1.165, 1.54) is 13.0 Å². The van der Waals surface area contributed by atoms with Crippen LogP contribution in [0, 0.1) is 6.92 Å². The van der Waals surface area contributed by atoms with Crippen LogP contribution in [-0.4, -0.2) is 5.78 Å². The monoisotopic (exact) mass is 218 g/mol. The number of rotatable bonds is 2. The Bertz CT molecular complexity index is 375. The summed E-state index contributed by atoms with van der Waals surface area (Å²) in [5.41, 5.74) is 0.372. The molecule has 1 nitrogen and oxygen atoms in total. The average molecular weight is 219 g/mol. The Kier molecular flexibility index (Phi) is 3.21. The van der Waals surface area contributed by atoms with Gasteiger partial charge in [-0.25, -0.2) is 8.78 Å². The molecule has 0 aliphatic rings. The molecule has 1 aromatic rings. The average Bonchev–Trinajstić information content (AvgIpc) is 2.08. The van der Waals surface area contributed by atoms with Gasteiger partial charge in [0.15, 0.2) is 5.78 Å². The zero-order valence-corrected chi connectivity index (χ0v) is 8.53. The first-order valence-electron chi connectivity index (χ1n) is 4.02. The summed E-state index contributed by atoms with van der Waals surface area (Å²) in [5, 5.41) is 0.255. The molecule has 0 spiro atoms. The lowest BCUT2D eigenvalue weighted by atomic mass is 10.0. The zero-order chi connectivity index (χ0) is 10.9. The lowest BCUT2D eigenvalue weighted by Crippen LogP contribution is -2.01. The number of halogens is 3.